The van der Waals surface area contributed by atoms with Crippen LogP contribution in [0.4, 0.5) is 0 Å². The number of rotatable bonds is 10. The molecule has 0 aromatic heterocycles. The zero-order valence-electron chi connectivity index (χ0n) is 11.6. The van der Waals surface area contributed by atoms with E-state index in [1.54, 1.807) is 0 Å². The zero-order chi connectivity index (χ0) is 13.1. The summed E-state index contributed by atoms with van der Waals surface area (Å²) in [6, 6.07) is 0. The Kier molecular flexibility index (Phi) is 9.48. The molecule has 1 aliphatic rings. The molecule has 4 heteroatoms. The van der Waals surface area contributed by atoms with Crippen molar-refractivity contribution < 1.29 is 19.3 Å². The Balaban J connectivity index is 1.80. The van der Waals surface area contributed by atoms with Gasteiger partial charge in [0.05, 0.1) is 32.5 Å². The number of aliphatic hydroxyl groups is 1. The highest BCUT2D eigenvalue weighted by Crippen LogP contribution is 2.24. The molecule has 18 heavy (non-hydrogen) atoms. The molecule has 0 aliphatic heterocycles. The molecule has 0 aromatic carbocycles. The van der Waals surface area contributed by atoms with Crippen molar-refractivity contribution in [1.82, 2.24) is 0 Å². The van der Waals surface area contributed by atoms with Gasteiger partial charge in [-0.3, -0.25) is 0 Å². The summed E-state index contributed by atoms with van der Waals surface area (Å²) in [7, 11) is 0. The Bertz CT molecular complexity index is 187. The maximum atomic E-state index is 9.53. The molecule has 1 saturated carbocycles. The Morgan fingerprint density at radius 3 is 2.28 bits per heavy atom. The van der Waals surface area contributed by atoms with Gasteiger partial charge in [-0.1, -0.05) is 13.3 Å². The maximum absolute atomic E-state index is 9.53. The first-order valence-electron chi connectivity index (χ1n) is 7.24. The van der Waals surface area contributed by atoms with Crippen LogP contribution < -0.4 is 0 Å². The van der Waals surface area contributed by atoms with E-state index in [-0.39, 0.29) is 6.10 Å². The lowest BCUT2D eigenvalue weighted by molar-refractivity contribution is -0.00387. The maximum Gasteiger partial charge on any atom is 0.0701 e. The van der Waals surface area contributed by atoms with Gasteiger partial charge in [-0.25, -0.2) is 0 Å². The second-order valence-electron chi connectivity index (χ2n) is 4.99. The molecule has 4 nitrogen and oxygen atoms in total. The van der Waals surface area contributed by atoms with E-state index in [0.29, 0.717) is 32.3 Å². The molecule has 2 atom stereocenters. The topological polar surface area (TPSA) is 47.9 Å². The summed E-state index contributed by atoms with van der Waals surface area (Å²) in [5.41, 5.74) is 0. The number of hydrogen-bond donors (Lipinski definition) is 1. The average Bonchev–Trinajstić information content (AvgIpc) is 2.37. The molecule has 0 aromatic rings. The molecule has 108 valence electrons. The zero-order valence-corrected chi connectivity index (χ0v) is 11.6. The highest BCUT2D eigenvalue weighted by molar-refractivity contribution is 4.71. The predicted octanol–water partition coefficient (Wildman–Crippen LogP) is 2.00. The van der Waals surface area contributed by atoms with E-state index < -0.39 is 0 Å². The van der Waals surface area contributed by atoms with Gasteiger partial charge in [-0.15, -0.1) is 0 Å². The van der Waals surface area contributed by atoms with Crippen LogP contribution in [-0.2, 0) is 14.2 Å². The number of hydrogen-bond acceptors (Lipinski definition) is 4. The van der Waals surface area contributed by atoms with Crippen LogP contribution in [-0.4, -0.2) is 50.9 Å². The van der Waals surface area contributed by atoms with E-state index in [4.69, 9.17) is 14.2 Å². The predicted molar refractivity (Wildman–Crippen MR) is 70.7 cm³/mol. The Morgan fingerprint density at radius 2 is 1.61 bits per heavy atom. The lowest BCUT2D eigenvalue weighted by atomic mass is 9.88. The normalized spacial score (nSPS) is 24.3. The molecule has 0 saturated heterocycles. The van der Waals surface area contributed by atoms with Gasteiger partial charge in [-0.2, -0.15) is 0 Å². The quantitative estimate of drug-likeness (QED) is 0.610. The molecule has 0 amide bonds. The highest BCUT2D eigenvalue weighted by Gasteiger charge is 2.19. The lowest BCUT2D eigenvalue weighted by Gasteiger charge is -2.25. The first kappa shape index (κ1) is 15.9. The van der Waals surface area contributed by atoms with E-state index in [1.165, 1.54) is 6.42 Å². The fraction of sp³-hybridized carbons (Fsp3) is 1.00. The third kappa shape index (κ3) is 8.03. The summed E-state index contributed by atoms with van der Waals surface area (Å²) >= 11 is 0. The Morgan fingerprint density at radius 1 is 0.944 bits per heavy atom. The number of ether oxygens (including phenoxy) is 3. The minimum atomic E-state index is -0.112. The summed E-state index contributed by atoms with van der Waals surface area (Å²) < 4.78 is 16.3. The molecule has 0 spiro atoms. The van der Waals surface area contributed by atoms with Crippen LogP contribution in [0.2, 0.25) is 0 Å². The van der Waals surface area contributed by atoms with Crippen molar-refractivity contribution in [2.75, 3.05) is 39.6 Å². The Labute approximate surface area is 111 Å². The highest BCUT2D eigenvalue weighted by atomic mass is 16.5. The van der Waals surface area contributed by atoms with E-state index in [2.05, 4.69) is 6.92 Å². The molecular weight excluding hydrogens is 232 g/mol. The number of aliphatic hydroxyl groups excluding tert-OH is 1. The summed E-state index contributed by atoms with van der Waals surface area (Å²) in [4.78, 5) is 0. The smallest absolute Gasteiger partial charge is 0.0701 e. The standard InChI is InChI=1S/C14H28O4/c1-2-6-16-7-8-17-9-10-18-12-13-4-3-5-14(15)11-13/h13-15H,2-12H2,1H3. The van der Waals surface area contributed by atoms with Crippen molar-refractivity contribution in [1.29, 1.82) is 0 Å². The Hall–Kier alpha value is -0.160. The van der Waals surface area contributed by atoms with Crippen LogP contribution in [0.1, 0.15) is 39.0 Å². The first-order chi connectivity index (χ1) is 8.83. The SMILES string of the molecule is CCCOCCOCCOCC1CCCC(O)C1. The second-order valence-corrected chi connectivity index (χ2v) is 4.99. The molecule has 0 heterocycles. The summed E-state index contributed by atoms with van der Waals surface area (Å²) in [5.74, 6) is 0.529. The summed E-state index contributed by atoms with van der Waals surface area (Å²) in [6.45, 7) is 6.24. The van der Waals surface area contributed by atoms with Crippen molar-refractivity contribution in [3.05, 3.63) is 0 Å². The van der Waals surface area contributed by atoms with Crippen molar-refractivity contribution in [3.8, 4) is 0 Å². The summed E-state index contributed by atoms with van der Waals surface area (Å²) in [5, 5.41) is 9.53. The lowest BCUT2D eigenvalue weighted by Crippen LogP contribution is -2.23. The van der Waals surface area contributed by atoms with Gasteiger partial charge < -0.3 is 19.3 Å². The molecular formula is C14H28O4. The second kappa shape index (κ2) is 10.7. The minimum absolute atomic E-state index is 0.112. The van der Waals surface area contributed by atoms with Crippen molar-refractivity contribution in [3.63, 3.8) is 0 Å². The molecule has 0 radical (unpaired) electrons. The van der Waals surface area contributed by atoms with Gasteiger partial charge in [0.2, 0.25) is 0 Å². The fourth-order valence-electron chi connectivity index (χ4n) is 2.25. The molecule has 0 bridgehead atoms. The van der Waals surface area contributed by atoms with Gasteiger partial charge in [0.25, 0.3) is 0 Å². The van der Waals surface area contributed by atoms with Gasteiger partial charge in [0.15, 0.2) is 0 Å². The third-order valence-corrected chi connectivity index (χ3v) is 3.20. The van der Waals surface area contributed by atoms with Crippen LogP contribution >= 0.6 is 0 Å². The van der Waals surface area contributed by atoms with E-state index in [0.717, 1.165) is 38.9 Å². The van der Waals surface area contributed by atoms with E-state index in [1.807, 2.05) is 0 Å². The van der Waals surface area contributed by atoms with Crippen LogP contribution in [0.25, 0.3) is 0 Å². The fourth-order valence-corrected chi connectivity index (χ4v) is 2.25. The first-order valence-corrected chi connectivity index (χ1v) is 7.24. The van der Waals surface area contributed by atoms with Crippen molar-refractivity contribution >= 4 is 0 Å². The van der Waals surface area contributed by atoms with Crippen molar-refractivity contribution in [2.45, 2.75) is 45.1 Å². The third-order valence-electron chi connectivity index (χ3n) is 3.20. The van der Waals surface area contributed by atoms with Gasteiger partial charge in [0.1, 0.15) is 0 Å². The van der Waals surface area contributed by atoms with Gasteiger partial charge >= 0.3 is 0 Å². The van der Waals surface area contributed by atoms with Crippen molar-refractivity contribution in [2.24, 2.45) is 5.92 Å². The molecule has 2 unspecified atom stereocenters. The van der Waals surface area contributed by atoms with E-state index >= 15 is 0 Å². The largest absolute Gasteiger partial charge is 0.393 e. The molecule has 1 fully saturated rings. The van der Waals surface area contributed by atoms with E-state index in [9.17, 15) is 5.11 Å². The van der Waals surface area contributed by atoms with Crippen LogP contribution in [0, 0.1) is 5.92 Å². The van der Waals surface area contributed by atoms with Gasteiger partial charge in [-0.05, 0) is 31.6 Å². The average molecular weight is 260 g/mol. The summed E-state index contributed by atoms with van der Waals surface area (Å²) in [6.07, 6.45) is 5.10. The molecule has 1 aliphatic carbocycles. The van der Waals surface area contributed by atoms with Gasteiger partial charge in [0, 0.05) is 13.2 Å². The van der Waals surface area contributed by atoms with Crippen LogP contribution in [0.15, 0.2) is 0 Å². The van der Waals surface area contributed by atoms with Crippen LogP contribution in [0.3, 0.4) is 0 Å². The molecule has 1 rings (SSSR count). The van der Waals surface area contributed by atoms with Crippen LogP contribution in [0.5, 0.6) is 0 Å². The minimum Gasteiger partial charge on any atom is -0.393 e. The monoisotopic (exact) mass is 260 g/mol. The molecule has 1 N–H and O–H groups in total.